The van der Waals surface area contributed by atoms with Crippen molar-refractivity contribution >= 4 is 35.1 Å². The predicted octanol–water partition coefficient (Wildman–Crippen LogP) is 1.90. The number of hydrogen-bond acceptors (Lipinski definition) is 10. The van der Waals surface area contributed by atoms with Crippen LogP contribution in [0.15, 0.2) is 41.7 Å². The number of carbonyl (C=O) groups is 2. The highest BCUT2D eigenvalue weighted by molar-refractivity contribution is 7.98. The van der Waals surface area contributed by atoms with Gasteiger partial charge in [-0.2, -0.15) is 0 Å². The van der Waals surface area contributed by atoms with Crippen LogP contribution in [0.4, 0.5) is 11.5 Å². The van der Waals surface area contributed by atoms with Crippen molar-refractivity contribution in [2.45, 2.75) is 12.1 Å². The molecule has 0 radical (unpaired) electrons. The Bertz CT molecular complexity index is 997. The maximum Gasteiger partial charge on any atom is 0.320 e. The number of para-hydroxylation sites is 1. The second-order valence-electron chi connectivity index (χ2n) is 8.18. The quantitative estimate of drug-likeness (QED) is 0.304. The normalized spacial score (nSPS) is 17.3. The summed E-state index contributed by atoms with van der Waals surface area (Å²) in [6, 6.07) is 9.95. The fourth-order valence-corrected chi connectivity index (χ4v) is 4.51. The fourth-order valence-electron chi connectivity index (χ4n) is 4.18. The number of esters is 1. The third-order valence-corrected chi connectivity index (χ3v) is 6.51. The highest BCUT2D eigenvalue weighted by Gasteiger charge is 2.31. The van der Waals surface area contributed by atoms with Crippen LogP contribution in [0.1, 0.15) is 17.3 Å². The van der Waals surface area contributed by atoms with Gasteiger partial charge in [0.15, 0.2) is 11.0 Å². The van der Waals surface area contributed by atoms with Gasteiger partial charge in [-0.3, -0.25) is 19.5 Å². The van der Waals surface area contributed by atoms with Gasteiger partial charge in [-0.05, 0) is 25.3 Å². The Balaban J connectivity index is 1.60. The van der Waals surface area contributed by atoms with Crippen LogP contribution >= 0.6 is 11.8 Å². The Morgan fingerprint density at radius 2 is 1.80 bits per heavy atom. The van der Waals surface area contributed by atoms with E-state index in [1.165, 1.54) is 11.8 Å². The van der Waals surface area contributed by atoms with Crippen LogP contribution in [-0.2, 0) is 14.3 Å². The van der Waals surface area contributed by atoms with Gasteiger partial charge in [-0.1, -0.05) is 30.0 Å². The summed E-state index contributed by atoms with van der Waals surface area (Å²) in [6.45, 7) is 7.25. The first-order valence-corrected chi connectivity index (χ1v) is 13.1. The lowest BCUT2D eigenvalue weighted by Crippen LogP contribution is -2.51. The standard InChI is InChI=1S/C24H32N6O4S/c1-3-34-21(31)18-27-9-11-28(12-10-27)23(32)20-17-25-24(35-2)26-22(20)30(19-7-5-4-6-8-19)29-13-15-33-16-14-29/h4-8,17H,3,9-16,18H2,1-2H3. The third kappa shape index (κ3) is 6.29. The van der Waals surface area contributed by atoms with Gasteiger partial charge < -0.3 is 14.4 Å². The van der Waals surface area contributed by atoms with E-state index >= 15 is 0 Å². The monoisotopic (exact) mass is 500 g/mol. The molecule has 10 nitrogen and oxygen atoms in total. The SMILES string of the molecule is CCOC(=O)CN1CCN(C(=O)c2cnc(SC)nc2N(c2ccccc2)N2CCOCC2)CC1. The highest BCUT2D eigenvalue weighted by atomic mass is 32.2. The topological polar surface area (TPSA) is 91.3 Å². The number of carbonyl (C=O) groups excluding carboxylic acids is 2. The zero-order valence-electron chi connectivity index (χ0n) is 20.3. The van der Waals surface area contributed by atoms with Gasteiger partial charge in [0.1, 0.15) is 5.56 Å². The number of rotatable bonds is 8. The molecular formula is C24H32N6O4S. The molecule has 1 amide bonds. The molecule has 0 unspecified atom stereocenters. The van der Waals surface area contributed by atoms with Gasteiger partial charge in [0, 0.05) is 45.5 Å². The molecule has 0 saturated carbocycles. The molecule has 188 valence electrons. The maximum atomic E-state index is 13.7. The number of morpholine rings is 1. The lowest BCUT2D eigenvalue weighted by atomic mass is 10.2. The van der Waals surface area contributed by atoms with Crippen molar-refractivity contribution in [1.82, 2.24) is 24.8 Å². The molecule has 2 aliphatic rings. The van der Waals surface area contributed by atoms with Gasteiger partial charge in [-0.15, -0.1) is 0 Å². The maximum absolute atomic E-state index is 13.7. The molecule has 1 aromatic heterocycles. The molecule has 0 atom stereocenters. The van der Waals surface area contributed by atoms with Gasteiger partial charge in [0.05, 0.1) is 32.1 Å². The predicted molar refractivity (Wildman–Crippen MR) is 134 cm³/mol. The molecule has 0 N–H and O–H groups in total. The molecule has 11 heteroatoms. The van der Waals surface area contributed by atoms with Crippen molar-refractivity contribution < 1.29 is 19.1 Å². The molecule has 2 aliphatic heterocycles. The van der Waals surface area contributed by atoms with E-state index in [0.29, 0.717) is 75.6 Å². The average molecular weight is 501 g/mol. The van der Waals surface area contributed by atoms with Crippen LogP contribution in [0.25, 0.3) is 0 Å². The van der Waals surface area contributed by atoms with Crippen LogP contribution in [0.5, 0.6) is 0 Å². The van der Waals surface area contributed by atoms with Crippen LogP contribution in [0.3, 0.4) is 0 Å². The summed E-state index contributed by atoms with van der Waals surface area (Å²) in [6.07, 6.45) is 3.56. The minimum Gasteiger partial charge on any atom is -0.465 e. The van der Waals surface area contributed by atoms with Crippen LogP contribution in [-0.4, -0.2) is 109 Å². The van der Waals surface area contributed by atoms with Crippen LogP contribution < -0.4 is 5.01 Å². The van der Waals surface area contributed by atoms with E-state index in [1.54, 1.807) is 13.1 Å². The molecular weight excluding hydrogens is 468 g/mol. The Labute approximate surface area is 210 Å². The molecule has 0 spiro atoms. The molecule has 3 heterocycles. The molecule has 1 aromatic carbocycles. The average Bonchev–Trinajstić information content (AvgIpc) is 2.90. The highest BCUT2D eigenvalue weighted by Crippen LogP contribution is 2.31. The van der Waals surface area contributed by atoms with Crippen molar-refractivity contribution in [2.75, 3.05) is 76.9 Å². The van der Waals surface area contributed by atoms with Gasteiger partial charge in [0.25, 0.3) is 5.91 Å². The second-order valence-corrected chi connectivity index (χ2v) is 8.95. The number of thioether (sulfide) groups is 1. The van der Waals surface area contributed by atoms with Crippen molar-refractivity contribution in [3.05, 3.63) is 42.1 Å². The molecule has 0 aliphatic carbocycles. The number of benzene rings is 1. The third-order valence-electron chi connectivity index (χ3n) is 5.95. The zero-order valence-corrected chi connectivity index (χ0v) is 21.1. The molecule has 4 rings (SSSR count). The van der Waals surface area contributed by atoms with E-state index in [2.05, 4.69) is 9.99 Å². The summed E-state index contributed by atoms with van der Waals surface area (Å²) in [5, 5.41) is 4.79. The Morgan fingerprint density at radius 1 is 1.09 bits per heavy atom. The first-order valence-electron chi connectivity index (χ1n) is 11.9. The zero-order chi connectivity index (χ0) is 24.6. The number of amides is 1. The largest absolute Gasteiger partial charge is 0.465 e. The first kappa shape index (κ1) is 25.4. The fraction of sp³-hybridized carbons (Fsp3) is 0.500. The van der Waals surface area contributed by atoms with Gasteiger partial charge >= 0.3 is 5.97 Å². The van der Waals surface area contributed by atoms with E-state index in [4.69, 9.17) is 14.5 Å². The van der Waals surface area contributed by atoms with Crippen LogP contribution in [0.2, 0.25) is 0 Å². The number of nitrogens with zero attached hydrogens (tertiary/aromatic N) is 6. The Kier molecular flexibility index (Phi) is 8.91. The van der Waals surface area contributed by atoms with E-state index in [1.807, 2.05) is 51.4 Å². The molecule has 2 saturated heterocycles. The smallest absolute Gasteiger partial charge is 0.320 e. The van der Waals surface area contributed by atoms with E-state index < -0.39 is 0 Å². The molecule has 0 bridgehead atoms. The first-order chi connectivity index (χ1) is 17.1. The number of hydrazine groups is 1. The van der Waals surface area contributed by atoms with E-state index in [9.17, 15) is 9.59 Å². The van der Waals surface area contributed by atoms with Crippen molar-refractivity contribution in [2.24, 2.45) is 0 Å². The Hall–Kier alpha value is -2.73. The second kappa shape index (κ2) is 12.3. The lowest BCUT2D eigenvalue weighted by molar-refractivity contribution is -0.144. The number of ether oxygens (including phenoxy) is 2. The summed E-state index contributed by atoms with van der Waals surface area (Å²) in [5.74, 6) is 0.216. The van der Waals surface area contributed by atoms with Gasteiger partial charge in [-0.25, -0.2) is 15.0 Å². The Morgan fingerprint density at radius 3 is 2.46 bits per heavy atom. The minimum absolute atomic E-state index is 0.113. The summed E-state index contributed by atoms with van der Waals surface area (Å²) in [4.78, 5) is 38.6. The van der Waals surface area contributed by atoms with E-state index in [0.717, 1.165) is 5.69 Å². The van der Waals surface area contributed by atoms with Crippen LogP contribution in [0, 0.1) is 0 Å². The van der Waals surface area contributed by atoms with Gasteiger partial charge in [0.2, 0.25) is 0 Å². The molecule has 2 fully saturated rings. The summed E-state index contributed by atoms with van der Waals surface area (Å²) in [5.41, 5.74) is 1.38. The van der Waals surface area contributed by atoms with Crippen molar-refractivity contribution in [3.8, 4) is 0 Å². The minimum atomic E-state index is -0.236. The number of aromatic nitrogens is 2. The number of piperazine rings is 1. The number of anilines is 2. The summed E-state index contributed by atoms with van der Waals surface area (Å²) < 4.78 is 10.6. The van der Waals surface area contributed by atoms with Crippen molar-refractivity contribution in [3.63, 3.8) is 0 Å². The number of hydrogen-bond donors (Lipinski definition) is 0. The lowest BCUT2D eigenvalue weighted by Gasteiger charge is -2.39. The summed E-state index contributed by atoms with van der Waals surface area (Å²) in [7, 11) is 0. The molecule has 2 aromatic rings. The van der Waals surface area contributed by atoms with Crippen molar-refractivity contribution in [1.29, 1.82) is 0 Å². The summed E-state index contributed by atoms with van der Waals surface area (Å²) >= 11 is 1.44. The molecule has 35 heavy (non-hydrogen) atoms. The van der Waals surface area contributed by atoms with E-state index in [-0.39, 0.29) is 18.4 Å².